The van der Waals surface area contributed by atoms with Crippen molar-refractivity contribution in [1.29, 1.82) is 0 Å². The molecule has 0 amide bonds. The lowest BCUT2D eigenvalue weighted by Gasteiger charge is -2.29. The highest BCUT2D eigenvalue weighted by atomic mass is 16.5. The zero-order chi connectivity index (χ0) is 20.5. The minimum atomic E-state index is -0.114. The van der Waals surface area contributed by atoms with Gasteiger partial charge in [-0.1, -0.05) is 76.6 Å². The summed E-state index contributed by atoms with van der Waals surface area (Å²) in [5, 5.41) is 2.40. The standard InChI is InChI=1S/C27H38O2/c1-3-5-7-8-10-27(28)29-26-18-17-24-19-23(15-16-25(24)20-26)22-13-11-21(12-14-22)9-6-4-2/h15-22H,3-14H2,1-2H3/t21-,22-. The van der Waals surface area contributed by atoms with Gasteiger partial charge >= 0.3 is 5.97 Å². The number of carbonyl (C=O) groups excluding carboxylic acids is 1. The minimum absolute atomic E-state index is 0.114. The molecule has 2 nitrogen and oxygen atoms in total. The number of ether oxygens (including phenoxy) is 1. The van der Waals surface area contributed by atoms with Crippen molar-refractivity contribution in [1.82, 2.24) is 0 Å². The van der Waals surface area contributed by atoms with Gasteiger partial charge in [-0.2, -0.15) is 0 Å². The first-order valence-corrected chi connectivity index (χ1v) is 11.9. The number of fused-ring (bicyclic) bond motifs is 1. The quantitative estimate of drug-likeness (QED) is 0.231. The van der Waals surface area contributed by atoms with Gasteiger partial charge in [-0.15, -0.1) is 0 Å². The van der Waals surface area contributed by atoms with Crippen LogP contribution >= 0.6 is 0 Å². The van der Waals surface area contributed by atoms with Crippen molar-refractivity contribution in [2.45, 2.75) is 96.8 Å². The molecule has 2 aromatic carbocycles. The maximum absolute atomic E-state index is 12.0. The summed E-state index contributed by atoms with van der Waals surface area (Å²) in [6.45, 7) is 4.47. The van der Waals surface area contributed by atoms with Crippen molar-refractivity contribution in [3.05, 3.63) is 42.0 Å². The molecular formula is C27H38O2. The first-order chi connectivity index (χ1) is 14.2. The Morgan fingerprint density at radius 1 is 0.862 bits per heavy atom. The summed E-state index contributed by atoms with van der Waals surface area (Å²) in [4.78, 5) is 12.0. The molecule has 0 unspecified atom stereocenters. The summed E-state index contributed by atoms with van der Waals surface area (Å²) in [5.41, 5.74) is 1.48. The van der Waals surface area contributed by atoms with Crippen LogP contribution in [-0.4, -0.2) is 5.97 Å². The molecule has 0 bridgehead atoms. The normalized spacial score (nSPS) is 19.4. The molecule has 2 heteroatoms. The zero-order valence-electron chi connectivity index (χ0n) is 18.4. The van der Waals surface area contributed by atoms with E-state index in [0.29, 0.717) is 18.1 Å². The van der Waals surface area contributed by atoms with Crippen LogP contribution in [0.1, 0.15) is 102 Å². The van der Waals surface area contributed by atoms with Gasteiger partial charge in [-0.05, 0) is 72.4 Å². The highest BCUT2D eigenvalue weighted by Crippen LogP contribution is 2.38. The Morgan fingerprint density at radius 3 is 2.34 bits per heavy atom. The first-order valence-electron chi connectivity index (χ1n) is 11.9. The Balaban J connectivity index is 1.56. The fourth-order valence-corrected chi connectivity index (χ4v) is 4.72. The van der Waals surface area contributed by atoms with Gasteiger partial charge in [0.15, 0.2) is 0 Å². The Kier molecular flexibility index (Phi) is 8.58. The van der Waals surface area contributed by atoms with Crippen molar-refractivity contribution < 1.29 is 9.53 Å². The summed E-state index contributed by atoms with van der Waals surface area (Å²) in [6.07, 6.45) is 14.5. The number of carbonyl (C=O) groups is 1. The van der Waals surface area contributed by atoms with Crippen molar-refractivity contribution in [3.8, 4) is 5.75 Å². The summed E-state index contributed by atoms with van der Waals surface area (Å²) in [7, 11) is 0. The van der Waals surface area contributed by atoms with Crippen LogP contribution in [0.3, 0.4) is 0 Å². The van der Waals surface area contributed by atoms with E-state index in [1.54, 1.807) is 0 Å². The first kappa shape index (κ1) is 21.9. The lowest BCUT2D eigenvalue weighted by atomic mass is 9.77. The number of unbranched alkanes of at least 4 members (excludes halogenated alkanes) is 4. The maximum atomic E-state index is 12.0. The lowest BCUT2D eigenvalue weighted by Crippen LogP contribution is -2.13. The third-order valence-electron chi connectivity index (χ3n) is 6.59. The average Bonchev–Trinajstić information content (AvgIpc) is 2.75. The van der Waals surface area contributed by atoms with Crippen LogP contribution in [0, 0.1) is 5.92 Å². The second-order valence-corrected chi connectivity index (χ2v) is 8.91. The van der Waals surface area contributed by atoms with Gasteiger partial charge in [0.25, 0.3) is 0 Å². The van der Waals surface area contributed by atoms with Crippen LogP contribution in [0.15, 0.2) is 36.4 Å². The molecule has 1 saturated carbocycles. The molecule has 0 aromatic heterocycles. The fraction of sp³-hybridized carbons (Fsp3) is 0.593. The lowest BCUT2D eigenvalue weighted by molar-refractivity contribution is -0.134. The number of esters is 1. The number of hydrogen-bond acceptors (Lipinski definition) is 2. The van der Waals surface area contributed by atoms with Gasteiger partial charge in [0.05, 0.1) is 0 Å². The van der Waals surface area contributed by atoms with E-state index in [1.165, 1.54) is 68.7 Å². The summed E-state index contributed by atoms with van der Waals surface area (Å²) < 4.78 is 5.55. The van der Waals surface area contributed by atoms with E-state index in [-0.39, 0.29) is 5.97 Å². The molecule has 158 valence electrons. The molecule has 1 fully saturated rings. The van der Waals surface area contributed by atoms with Crippen molar-refractivity contribution >= 4 is 16.7 Å². The molecule has 2 aromatic rings. The molecule has 0 N–H and O–H groups in total. The fourth-order valence-electron chi connectivity index (χ4n) is 4.72. The average molecular weight is 395 g/mol. The molecule has 1 aliphatic carbocycles. The van der Waals surface area contributed by atoms with Crippen LogP contribution in [-0.2, 0) is 4.79 Å². The summed E-state index contributed by atoms with van der Waals surface area (Å²) >= 11 is 0. The second-order valence-electron chi connectivity index (χ2n) is 8.91. The number of hydrogen-bond donors (Lipinski definition) is 0. The molecule has 0 saturated heterocycles. The van der Waals surface area contributed by atoms with Crippen LogP contribution in [0.25, 0.3) is 10.8 Å². The van der Waals surface area contributed by atoms with E-state index in [0.717, 1.165) is 24.1 Å². The molecule has 1 aliphatic rings. The Bertz CT molecular complexity index is 771. The summed E-state index contributed by atoms with van der Waals surface area (Å²) in [6, 6.07) is 12.9. The van der Waals surface area contributed by atoms with E-state index in [9.17, 15) is 4.79 Å². The number of rotatable bonds is 10. The van der Waals surface area contributed by atoms with Crippen LogP contribution in [0.4, 0.5) is 0 Å². The Morgan fingerprint density at radius 2 is 1.59 bits per heavy atom. The van der Waals surface area contributed by atoms with Gasteiger partial charge in [0.1, 0.15) is 5.75 Å². The van der Waals surface area contributed by atoms with Crippen molar-refractivity contribution in [2.24, 2.45) is 5.92 Å². The van der Waals surface area contributed by atoms with Crippen molar-refractivity contribution in [3.63, 3.8) is 0 Å². The molecule has 29 heavy (non-hydrogen) atoms. The van der Waals surface area contributed by atoms with Gasteiger partial charge < -0.3 is 4.74 Å². The van der Waals surface area contributed by atoms with Crippen LogP contribution in [0.2, 0.25) is 0 Å². The highest BCUT2D eigenvalue weighted by Gasteiger charge is 2.22. The van der Waals surface area contributed by atoms with E-state index < -0.39 is 0 Å². The van der Waals surface area contributed by atoms with E-state index in [1.807, 2.05) is 12.1 Å². The molecule has 0 aliphatic heterocycles. The topological polar surface area (TPSA) is 26.3 Å². The predicted molar refractivity (Wildman–Crippen MR) is 123 cm³/mol. The van der Waals surface area contributed by atoms with E-state index in [2.05, 4.69) is 38.1 Å². The second kappa shape index (κ2) is 11.4. The largest absolute Gasteiger partial charge is 0.427 e. The molecule has 3 rings (SSSR count). The number of benzene rings is 2. The van der Waals surface area contributed by atoms with Gasteiger partial charge in [0, 0.05) is 6.42 Å². The van der Waals surface area contributed by atoms with Crippen LogP contribution in [0.5, 0.6) is 5.75 Å². The molecule has 0 radical (unpaired) electrons. The monoisotopic (exact) mass is 394 g/mol. The zero-order valence-corrected chi connectivity index (χ0v) is 18.4. The molecule has 0 atom stereocenters. The van der Waals surface area contributed by atoms with Gasteiger partial charge in [0.2, 0.25) is 0 Å². The van der Waals surface area contributed by atoms with Gasteiger partial charge in [-0.25, -0.2) is 0 Å². The minimum Gasteiger partial charge on any atom is -0.427 e. The van der Waals surface area contributed by atoms with E-state index >= 15 is 0 Å². The third-order valence-corrected chi connectivity index (χ3v) is 6.59. The summed E-state index contributed by atoms with van der Waals surface area (Å²) in [5.74, 6) is 2.21. The molecule has 0 spiro atoms. The maximum Gasteiger partial charge on any atom is 0.311 e. The SMILES string of the molecule is CCCCCCC(=O)Oc1ccc2cc([C@H]3CC[C@H](CCCC)CC3)ccc2c1. The molecular weight excluding hydrogens is 356 g/mol. The van der Waals surface area contributed by atoms with E-state index in [4.69, 9.17) is 4.74 Å². The smallest absolute Gasteiger partial charge is 0.311 e. The van der Waals surface area contributed by atoms with Gasteiger partial charge in [-0.3, -0.25) is 4.79 Å². The Hall–Kier alpha value is -1.83. The van der Waals surface area contributed by atoms with Crippen molar-refractivity contribution in [2.75, 3.05) is 0 Å². The highest BCUT2D eigenvalue weighted by molar-refractivity contribution is 5.85. The van der Waals surface area contributed by atoms with Crippen LogP contribution < -0.4 is 4.74 Å². The predicted octanol–water partition coefficient (Wildman–Crippen LogP) is 8.18. The molecule has 0 heterocycles. The Labute approximate surface area is 177 Å². The third kappa shape index (κ3) is 6.59.